The summed E-state index contributed by atoms with van der Waals surface area (Å²) in [5.74, 6) is 0.864. The molecule has 0 aliphatic carbocycles. The van der Waals surface area contributed by atoms with Crippen LogP contribution in [0.2, 0.25) is 0 Å². The van der Waals surface area contributed by atoms with Crippen LogP contribution in [0.1, 0.15) is 57.1 Å². The van der Waals surface area contributed by atoms with E-state index >= 15 is 0 Å². The standard InChI is InChI=1S/C26H35NO4/c1-26(2,3)31-25(29)27-17-16-23(24(28)19-27)21-12-14-22(15-13-21)30-18-8-7-11-20-9-5-4-6-10-20/h4-6,9-10,12-15,23-24,28H,7-8,11,16-19H2,1-3H3. The molecule has 168 valence electrons. The van der Waals surface area contributed by atoms with Crippen LogP contribution in [-0.4, -0.2) is 47.5 Å². The Morgan fingerprint density at radius 2 is 1.77 bits per heavy atom. The van der Waals surface area contributed by atoms with Crippen LogP contribution in [0.3, 0.4) is 0 Å². The number of aliphatic hydroxyl groups excluding tert-OH is 1. The lowest BCUT2D eigenvalue weighted by molar-refractivity contribution is -0.00152. The minimum Gasteiger partial charge on any atom is -0.494 e. The lowest BCUT2D eigenvalue weighted by atomic mass is 9.87. The molecule has 1 amide bonds. The summed E-state index contributed by atoms with van der Waals surface area (Å²) in [6.45, 7) is 7.11. The molecule has 1 N–H and O–H groups in total. The molecular weight excluding hydrogens is 390 g/mol. The van der Waals surface area contributed by atoms with Gasteiger partial charge in [-0.1, -0.05) is 42.5 Å². The number of piperidine rings is 1. The van der Waals surface area contributed by atoms with Crippen molar-refractivity contribution in [2.24, 2.45) is 0 Å². The molecule has 1 saturated heterocycles. The number of β-amino-alcohol motifs (C(OH)–C–C–N with tert-alkyl or cyclic N) is 1. The second-order valence-electron chi connectivity index (χ2n) is 9.25. The Kier molecular flexibility index (Phi) is 7.97. The minimum absolute atomic E-state index is 0.0126. The van der Waals surface area contributed by atoms with Crippen molar-refractivity contribution in [2.45, 2.75) is 64.1 Å². The summed E-state index contributed by atoms with van der Waals surface area (Å²) < 4.78 is 11.3. The normalized spacial score (nSPS) is 19.2. The first-order valence-corrected chi connectivity index (χ1v) is 11.2. The van der Waals surface area contributed by atoms with E-state index in [-0.39, 0.29) is 12.0 Å². The molecule has 3 rings (SSSR count). The van der Waals surface area contributed by atoms with E-state index in [4.69, 9.17) is 9.47 Å². The Hall–Kier alpha value is -2.53. The van der Waals surface area contributed by atoms with Crippen LogP contribution >= 0.6 is 0 Å². The number of aliphatic hydroxyl groups is 1. The zero-order valence-corrected chi connectivity index (χ0v) is 18.9. The van der Waals surface area contributed by atoms with Gasteiger partial charge in [0.05, 0.1) is 19.3 Å². The fourth-order valence-corrected chi connectivity index (χ4v) is 3.89. The van der Waals surface area contributed by atoms with Crippen LogP contribution in [0.25, 0.3) is 0 Å². The predicted molar refractivity (Wildman–Crippen MR) is 122 cm³/mol. The predicted octanol–water partition coefficient (Wildman–Crippen LogP) is 5.17. The highest BCUT2D eigenvalue weighted by Crippen LogP contribution is 2.30. The molecule has 1 heterocycles. The van der Waals surface area contributed by atoms with Gasteiger partial charge in [0.15, 0.2) is 0 Å². The first-order chi connectivity index (χ1) is 14.8. The van der Waals surface area contributed by atoms with Crippen molar-refractivity contribution in [3.8, 4) is 5.75 Å². The van der Waals surface area contributed by atoms with Crippen molar-refractivity contribution in [1.29, 1.82) is 0 Å². The number of benzene rings is 2. The number of ether oxygens (including phenoxy) is 2. The number of rotatable bonds is 7. The summed E-state index contributed by atoms with van der Waals surface area (Å²) in [5, 5.41) is 10.6. The minimum atomic E-state index is -0.606. The number of aryl methyl sites for hydroxylation is 1. The first-order valence-electron chi connectivity index (χ1n) is 11.2. The quantitative estimate of drug-likeness (QED) is 0.622. The Bertz CT molecular complexity index is 814. The number of nitrogens with zero attached hydrogens (tertiary/aromatic N) is 1. The lowest BCUT2D eigenvalue weighted by Crippen LogP contribution is -2.47. The van der Waals surface area contributed by atoms with Gasteiger partial charge < -0.3 is 19.5 Å². The molecule has 0 aromatic heterocycles. The maximum atomic E-state index is 12.3. The fraction of sp³-hybridized carbons (Fsp3) is 0.500. The van der Waals surface area contributed by atoms with Crippen LogP contribution < -0.4 is 4.74 Å². The molecule has 1 fully saturated rings. The molecule has 5 nitrogen and oxygen atoms in total. The van der Waals surface area contributed by atoms with Crippen LogP contribution in [-0.2, 0) is 11.2 Å². The van der Waals surface area contributed by atoms with Crippen molar-refractivity contribution in [2.75, 3.05) is 19.7 Å². The molecule has 0 saturated carbocycles. The molecule has 0 radical (unpaired) electrons. The van der Waals surface area contributed by atoms with Crippen molar-refractivity contribution >= 4 is 6.09 Å². The Morgan fingerprint density at radius 1 is 1.06 bits per heavy atom. The van der Waals surface area contributed by atoms with Crippen LogP contribution in [0.5, 0.6) is 5.75 Å². The zero-order valence-electron chi connectivity index (χ0n) is 18.9. The summed E-state index contributed by atoms with van der Waals surface area (Å²) in [6, 6.07) is 18.5. The van der Waals surface area contributed by atoms with Gasteiger partial charge in [-0.3, -0.25) is 0 Å². The molecular formula is C26H35NO4. The molecule has 31 heavy (non-hydrogen) atoms. The first kappa shape index (κ1) is 23.1. The number of likely N-dealkylation sites (tertiary alicyclic amines) is 1. The van der Waals surface area contributed by atoms with Gasteiger partial charge in [0.25, 0.3) is 0 Å². The number of amides is 1. The van der Waals surface area contributed by atoms with E-state index in [0.717, 1.165) is 30.6 Å². The van der Waals surface area contributed by atoms with Gasteiger partial charge in [-0.2, -0.15) is 0 Å². The van der Waals surface area contributed by atoms with Gasteiger partial charge in [-0.05, 0) is 69.7 Å². The Labute approximate surface area is 186 Å². The highest BCUT2D eigenvalue weighted by molar-refractivity contribution is 5.68. The van der Waals surface area contributed by atoms with E-state index in [1.165, 1.54) is 5.56 Å². The van der Waals surface area contributed by atoms with Gasteiger partial charge in [0.1, 0.15) is 11.4 Å². The maximum Gasteiger partial charge on any atom is 0.410 e. The highest BCUT2D eigenvalue weighted by Gasteiger charge is 2.33. The molecule has 2 aromatic carbocycles. The average Bonchev–Trinajstić information content (AvgIpc) is 2.73. The molecule has 0 spiro atoms. The Balaban J connectivity index is 1.42. The third kappa shape index (κ3) is 7.28. The van der Waals surface area contributed by atoms with Gasteiger partial charge in [-0.25, -0.2) is 4.79 Å². The molecule has 1 aliphatic rings. The summed E-state index contributed by atoms with van der Waals surface area (Å²) in [7, 11) is 0. The van der Waals surface area contributed by atoms with Gasteiger partial charge in [-0.15, -0.1) is 0 Å². The number of unbranched alkanes of at least 4 members (excludes halogenated alkanes) is 1. The summed E-state index contributed by atoms with van der Waals surface area (Å²) >= 11 is 0. The number of hydrogen-bond donors (Lipinski definition) is 1. The molecule has 2 atom stereocenters. The van der Waals surface area contributed by atoms with E-state index in [1.807, 2.05) is 51.1 Å². The third-order valence-corrected chi connectivity index (χ3v) is 5.51. The molecule has 5 heteroatoms. The van der Waals surface area contributed by atoms with Crippen LogP contribution in [0.15, 0.2) is 54.6 Å². The van der Waals surface area contributed by atoms with Crippen molar-refractivity contribution < 1.29 is 19.4 Å². The molecule has 1 aliphatic heterocycles. The van der Waals surface area contributed by atoms with Crippen LogP contribution in [0.4, 0.5) is 4.79 Å². The third-order valence-electron chi connectivity index (χ3n) is 5.51. The average molecular weight is 426 g/mol. The topological polar surface area (TPSA) is 59.0 Å². The maximum absolute atomic E-state index is 12.3. The van der Waals surface area contributed by atoms with E-state index in [2.05, 4.69) is 24.3 Å². The Morgan fingerprint density at radius 3 is 2.42 bits per heavy atom. The molecule has 2 aromatic rings. The van der Waals surface area contributed by atoms with E-state index in [0.29, 0.717) is 26.1 Å². The zero-order chi connectivity index (χ0) is 22.3. The molecule has 2 unspecified atom stereocenters. The van der Waals surface area contributed by atoms with Gasteiger partial charge in [0.2, 0.25) is 0 Å². The molecule has 0 bridgehead atoms. The summed E-state index contributed by atoms with van der Waals surface area (Å²) in [4.78, 5) is 13.8. The van der Waals surface area contributed by atoms with Crippen molar-refractivity contribution in [3.63, 3.8) is 0 Å². The van der Waals surface area contributed by atoms with Crippen LogP contribution in [0, 0.1) is 0 Å². The van der Waals surface area contributed by atoms with Crippen molar-refractivity contribution in [3.05, 3.63) is 65.7 Å². The van der Waals surface area contributed by atoms with Gasteiger partial charge in [0, 0.05) is 12.5 Å². The van der Waals surface area contributed by atoms with Crippen molar-refractivity contribution in [1.82, 2.24) is 4.90 Å². The summed E-state index contributed by atoms with van der Waals surface area (Å²) in [5.41, 5.74) is 1.91. The SMILES string of the molecule is CC(C)(C)OC(=O)N1CCC(c2ccc(OCCCCc3ccccc3)cc2)C(O)C1. The van der Waals surface area contributed by atoms with E-state index in [9.17, 15) is 9.90 Å². The second-order valence-corrected chi connectivity index (χ2v) is 9.25. The highest BCUT2D eigenvalue weighted by atomic mass is 16.6. The number of hydrogen-bond acceptors (Lipinski definition) is 4. The fourth-order valence-electron chi connectivity index (χ4n) is 3.89. The lowest BCUT2D eigenvalue weighted by Gasteiger charge is -2.36. The second kappa shape index (κ2) is 10.7. The number of carbonyl (C=O) groups is 1. The van der Waals surface area contributed by atoms with E-state index < -0.39 is 11.7 Å². The smallest absolute Gasteiger partial charge is 0.410 e. The van der Waals surface area contributed by atoms with Gasteiger partial charge >= 0.3 is 6.09 Å². The largest absolute Gasteiger partial charge is 0.494 e. The monoisotopic (exact) mass is 425 g/mol. The summed E-state index contributed by atoms with van der Waals surface area (Å²) in [6.07, 6.45) is 2.93. The number of carbonyl (C=O) groups excluding carboxylic acids is 1. The van der Waals surface area contributed by atoms with E-state index in [1.54, 1.807) is 4.90 Å².